The predicted octanol–water partition coefficient (Wildman–Crippen LogP) is 2.75. The molecule has 6 nitrogen and oxygen atoms in total. The summed E-state index contributed by atoms with van der Waals surface area (Å²) in [6.45, 7) is 2.53. The zero-order chi connectivity index (χ0) is 17.6. The van der Waals surface area contributed by atoms with Crippen molar-refractivity contribution in [2.24, 2.45) is 0 Å². The molecule has 136 valence electrons. The lowest BCUT2D eigenvalue weighted by molar-refractivity contribution is 0.0857. The normalized spacial score (nSPS) is 20.4. The zero-order valence-corrected chi connectivity index (χ0v) is 14.2. The highest BCUT2D eigenvalue weighted by atomic mass is 19.1. The summed E-state index contributed by atoms with van der Waals surface area (Å²) in [5.41, 5.74) is 0.317. The Morgan fingerprint density at radius 3 is 2.68 bits per heavy atom. The molecule has 1 aromatic rings. The van der Waals surface area contributed by atoms with Gasteiger partial charge in [-0.2, -0.15) is 0 Å². The van der Waals surface area contributed by atoms with Gasteiger partial charge in [-0.05, 0) is 50.3 Å². The molecule has 2 heterocycles. The van der Waals surface area contributed by atoms with Crippen LogP contribution in [0, 0.1) is 5.82 Å². The van der Waals surface area contributed by atoms with E-state index in [1.54, 1.807) is 4.90 Å². The fourth-order valence-corrected chi connectivity index (χ4v) is 3.16. The lowest BCUT2D eigenvalue weighted by atomic mass is 10.1. The number of nitrogens with one attached hydrogen (secondary N) is 2. The van der Waals surface area contributed by atoms with Crippen LogP contribution >= 0.6 is 0 Å². The van der Waals surface area contributed by atoms with E-state index in [2.05, 4.69) is 10.6 Å². The van der Waals surface area contributed by atoms with E-state index < -0.39 is 5.82 Å². The molecule has 3 rings (SSSR count). The molecule has 1 atom stereocenters. The van der Waals surface area contributed by atoms with E-state index in [9.17, 15) is 14.0 Å². The molecule has 0 saturated carbocycles. The summed E-state index contributed by atoms with van der Waals surface area (Å²) in [6, 6.07) is 3.79. The highest BCUT2D eigenvalue weighted by molar-refractivity contribution is 5.95. The van der Waals surface area contributed by atoms with Crippen LogP contribution in [0.5, 0.6) is 0 Å². The molecule has 3 amide bonds. The Labute approximate surface area is 146 Å². The number of carbonyl (C=O) groups is 2. The lowest BCUT2D eigenvalue weighted by Gasteiger charge is -2.26. The van der Waals surface area contributed by atoms with Crippen LogP contribution in [0.1, 0.15) is 42.5 Å². The Morgan fingerprint density at radius 2 is 2.00 bits per heavy atom. The summed E-state index contributed by atoms with van der Waals surface area (Å²) in [7, 11) is 0. The van der Waals surface area contributed by atoms with Gasteiger partial charge in [0.25, 0.3) is 5.91 Å². The molecule has 0 radical (unpaired) electrons. The number of hydrogen-bond donors (Lipinski definition) is 2. The van der Waals surface area contributed by atoms with Gasteiger partial charge in [0, 0.05) is 31.8 Å². The summed E-state index contributed by atoms with van der Waals surface area (Å²) in [4.78, 5) is 25.9. The number of halogens is 1. The second-order valence-electron chi connectivity index (χ2n) is 6.52. The first-order valence-electron chi connectivity index (χ1n) is 8.89. The van der Waals surface area contributed by atoms with Gasteiger partial charge in [0.1, 0.15) is 5.82 Å². The molecular formula is C18H24FN3O3. The van der Waals surface area contributed by atoms with Crippen LogP contribution in [0.2, 0.25) is 0 Å². The smallest absolute Gasteiger partial charge is 0.321 e. The summed E-state index contributed by atoms with van der Waals surface area (Å²) < 4.78 is 19.7. The third-order valence-electron chi connectivity index (χ3n) is 4.63. The predicted molar refractivity (Wildman–Crippen MR) is 92.1 cm³/mol. The van der Waals surface area contributed by atoms with Crippen molar-refractivity contribution in [3.63, 3.8) is 0 Å². The van der Waals surface area contributed by atoms with Crippen molar-refractivity contribution in [2.75, 3.05) is 31.6 Å². The van der Waals surface area contributed by atoms with E-state index in [1.807, 2.05) is 0 Å². The van der Waals surface area contributed by atoms with Crippen LogP contribution in [0.4, 0.5) is 14.9 Å². The topological polar surface area (TPSA) is 70.7 Å². The van der Waals surface area contributed by atoms with Crippen LogP contribution in [-0.4, -0.2) is 49.2 Å². The summed E-state index contributed by atoms with van der Waals surface area (Å²) in [5.74, 6) is -0.960. The number of piperidine rings is 1. The van der Waals surface area contributed by atoms with Crippen molar-refractivity contribution in [1.29, 1.82) is 0 Å². The number of amides is 3. The number of anilines is 1. The zero-order valence-electron chi connectivity index (χ0n) is 14.2. The Bertz CT molecular complexity index is 626. The van der Waals surface area contributed by atoms with Gasteiger partial charge in [0.05, 0.1) is 11.8 Å². The lowest BCUT2D eigenvalue weighted by Crippen LogP contribution is -2.38. The van der Waals surface area contributed by atoms with E-state index >= 15 is 0 Å². The van der Waals surface area contributed by atoms with Gasteiger partial charge in [-0.1, -0.05) is 0 Å². The standard InChI is InChI=1S/C18H24FN3O3/c19-15-11-13(17(23)20-12-14-5-4-10-25-14)6-7-16(15)21-18(24)22-8-2-1-3-9-22/h6-7,11,14H,1-5,8-10,12H2,(H,20,23)(H,21,24)/t14-/m1/s1. The third kappa shape index (κ3) is 4.69. The Balaban J connectivity index is 1.56. The van der Waals surface area contributed by atoms with Crippen LogP contribution in [0.15, 0.2) is 18.2 Å². The van der Waals surface area contributed by atoms with Gasteiger partial charge < -0.3 is 20.3 Å². The van der Waals surface area contributed by atoms with E-state index in [0.29, 0.717) is 19.6 Å². The highest BCUT2D eigenvalue weighted by Gasteiger charge is 2.19. The van der Waals surface area contributed by atoms with Gasteiger partial charge >= 0.3 is 6.03 Å². The van der Waals surface area contributed by atoms with Gasteiger partial charge in [-0.15, -0.1) is 0 Å². The van der Waals surface area contributed by atoms with Crippen molar-refractivity contribution >= 4 is 17.6 Å². The summed E-state index contributed by atoms with van der Waals surface area (Å²) in [5, 5.41) is 5.34. The maximum Gasteiger partial charge on any atom is 0.321 e. The van der Waals surface area contributed by atoms with Crippen LogP contribution in [-0.2, 0) is 4.74 Å². The van der Waals surface area contributed by atoms with Gasteiger partial charge in [0.15, 0.2) is 0 Å². The highest BCUT2D eigenvalue weighted by Crippen LogP contribution is 2.18. The number of urea groups is 1. The number of ether oxygens (including phenoxy) is 1. The molecule has 0 aliphatic carbocycles. The average Bonchev–Trinajstić information content (AvgIpc) is 3.15. The molecule has 0 aromatic heterocycles. The van der Waals surface area contributed by atoms with E-state index in [4.69, 9.17) is 4.74 Å². The third-order valence-corrected chi connectivity index (χ3v) is 4.63. The van der Waals surface area contributed by atoms with Crippen molar-refractivity contribution < 1.29 is 18.7 Å². The van der Waals surface area contributed by atoms with E-state index in [0.717, 1.165) is 44.8 Å². The fourth-order valence-electron chi connectivity index (χ4n) is 3.16. The molecule has 2 saturated heterocycles. The second-order valence-corrected chi connectivity index (χ2v) is 6.52. The molecule has 0 bridgehead atoms. The Kier molecular flexibility index (Phi) is 5.86. The van der Waals surface area contributed by atoms with E-state index in [1.165, 1.54) is 12.1 Å². The number of benzene rings is 1. The molecule has 0 unspecified atom stereocenters. The first kappa shape index (κ1) is 17.7. The minimum atomic E-state index is -0.616. The van der Waals surface area contributed by atoms with Crippen LogP contribution in [0.25, 0.3) is 0 Å². The van der Waals surface area contributed by atoms with Crippen molar-refractivity contribution in [1.82, 2.24) is 10.2 Å². The molecule has 0 spiro atoms. The second kappa shape index (κ2) is 8.29. The van der Waals surface area contributed by atoms with Crippen molar-refractivity contribution in [2.45, 2.75) is 38.2 Å². The maximum atomic E-state index is 14.2. The van der Waals surface area contributed by atoms with Crippen LogP contribution in [0.3, 0.4) is 0 Å². The van der Waals surface area contributed by atoms with Gasteiger partial charge in [-0.3, -0.25) is 4.79 Å². The molecular weight excluding hydrogens is 325 g/mol. The summed E-state index contributed by atoms with van der Waals surface area (Å²) in [6.07, 6.45) is 5.03. The number of nitrogens with zero attached hydrogens (tertiary/aromatic N) is 1. The fraction of sp³-hybridized carbons (Fsp3) is 0.556. The largest absolute Gasteiger partial charge is 0.376 e. The quantitative estimate of drug-likeness (QED) is 0.878. The number of hydrogen-bond acceptors (Lipinski definition) is 3. The van der Waals surface area contributed by atoms with Crippen LogP contribution < -0.4 is 10.6 Å². The molecule has 2 aliphatic rings. The molecule has 7 heteroatoms. The number of likely N-dealkylation sites (tertiary alicyclic amines) is 1. The maximum absolute atomic E-state index is 14.2. The molecule has 2 aliphatic heterocycles. The minimum absolute atomic E-state index is 0.0388. The monoisotopic (exact) mass is 349 g/mol. The molecule has 25 heavy (non-hydrogen) atoms. The molecule has 1 aromatic carbocycles. The Morgan fingerprint density at radius 1 is 1.20 bits per heavy atom. The number of rotatable bonds is 4. The van der Waals surface area contributed by atoms with Gasteiger partial charge in [0.2, 0.25) is 0 Å². The molecule has 2 fully saturated rings. The summed E-state index contributed by atoms with van der Waals surface area (Å²) >= 11 is 0. The van der Waals surface area contributed by atoms with Gasteiger partial charge in [-0.25, -0.2) is 9.18 Å². The van der Waals surface area contributed by atoms with E-state index in [-0.39, 0.29) is 29.3 Å². The van der Waals surface area contributed by atoms with Crippen molar-refractivity contribution in [3.05, 3.63) is 29.6 Å². The first-order chi connectivity index (χ1) is 12.1. The number of carbonyl (C=O) groups excluding carboxylic acids is 2. The average molecular weight is 349 g/mol. The first-order valence-corrected chi connectivity index (χ1v) is 8.89. The minimum Gasteiger partial charge on any atom is -0.376 e. The Hall–Kier alpha value is -2.15. The SMILES string of the molecule is O=C(NC[C@H]1CCCO1)c1ccc(NC(=O)N2CCCCC2)c(F)c1. The molecule has 2 N–H and O–H groups in total. The van der Waals surface area contributed by atoms with Crippen molar-refractivity contribution in [3.8, 4) is 0 Å².